The third kappa shape index (κ3) is 7.03. The van der Waals surface area contributed by atoms with E-state index in [1.54, 1.807) is 23.9 Å². The molecule has 0 radical (unpaired) electrons. The summed E-state index contributed by atoms with van der Waals surface area (Å²) in [5, 5.41) is 10.1. The van der Waals surface area contributed by atoms with E-state index in [0.717, 1.165) is 36.1 Å². The summed E-state index contributed by atoms with van der Waals surface area (Å²) in [4.78, 5) is 30.2. The maximum Gasteiger partial charge on any atom is 0.335 e. The van der Waals surface area contributed by atoms with E-state index in [2.05, 4.69) is 53.3 Å². The van der Waals surface area contributed by atoms with Crippen molar-refractivity contribution in [3.63, 3.8) is 0 Å². The van der Waals surface area contributed by atoms with Crippen LogP contribution in [0.5, 0.6) is 0 Å². The maximum atomic E-state index is 13.4. The second-order valence-electron chi connectivity index (χ2n) is 9.77. The molecule has 0 amide bonds. The average molecular weight is 604 g/mol. The number of fused-ring (bicyclic) bond motifs is 1. The van der Waals surface area contributed by atoms with Gasteiger partial charge in [-0.3, -0.25) is 9.36 Å². The Kier molecular flexibility index (Phi) is 10.8. The first kappa shape index (κ1) is 31.3. The number of anilines is 1. The van der Waals surface area contributed by atoms with Crippen molar-refractivity contribution in [3.8, 4) is 0 Å². The molecule has 5 rings (SSSR count). The third-order valence-electron chi connectivity index (χ3n) is 7.30. The van der Waals surface area contributed by atoms with Crippen LogP contribution in [0.15, 0.2) is 82.6 Å². The van der Waals surface area contributed by atoms with E-state index in [-0.39, 0.29) is 11.1 Å². The van der Waals surface area contributed by atoms with Crippen molar-refractivity contribution in [2.24, 2.45) is 0 Å². The number of pyridine rings is 1. The molecule has 4 aromatic rings. The fourth-order valence-electron chi connectivity index (χ4n) is 4.78. The molecule has 2 aromatic carbocycles. The van der Waals surface area contributed by atoms with Crippen LogP contribution in [0.1, 0.15) is 49.3 Å². The maximum absolute atomic E-state index is 13.4. The number of benzene rings is 2. The highest BCUT2D eigenvalue weighted by Crippen LogP contribution is 2.44. The number of carboxylic acids is 1. The zero-order valence-corrected chi connectivity index (χ0v) is 26.5. The van der Waals surface area contributed by atoms with Crippen LogP contribution in [0.4, 0.5) is 5.69 Å². The number of carboxylic acid groups (broad SMARTS) is 1. The Morgan fingerprint density at radius 1 is 0.952 bits per heavy atom. The van der Waals surface area contributed by atoms with Crippen LogP contribution in [-0.2, 0) is 13.1 Å². The Morgan fingerprint density at radius 2 is 1.62 bits per heavy atom. The van der Waals surface area contributed by atoms with Crippen LogP contribution in [0.2, 0.25) is 0 Å². The van der Waals surface area contributed by atoms with Crippen molar-refractivity contribution >= 4 is 45.9 Å². The lowest BCUT2D eigenvalue weighted by Crippen LogP contribution is -2.38. The van der Waals surface area contributed by atoms with E-state index in [0.29, 0.717) is 13.1 Å². The van der Waals surface area contributed by atoms with Crippen molar-refractivity contribution in [2.45, 2.75) is 45.7 Å². The average Bonchev–Trinajstić information content (AvgIpc) is 3.50. The van der Waals surface area contributed by atoms with Gasteiger partial charge in [0, 0.05) is 42.3 Å². The summed E-state index contributed by atoms with van der Waals surface area (Å²) in [5.41, 5.74) is 3.37. The summed E-state index contributed by atoms with van der Waals surface area (Å²) in [6, 6.07) is 21.1. The Hall–Kier alpha value is -3.66. The van der Waals surface area contributed by atoms with E-state index >= 15 is 0 Å². The molecular formula is C33H39N4O3S2+. The van der Waals surface area contributed by atoms with Crippen molar-refractivity contribution < 1.29 is 14.5 Å². The highest BCUT2D eigenvalue weighted by Gasteiger charge is 2.24. The monoisotopic (exact) mass is 603 g/mol. The van der Waals surface area contributed by atoms with Gasteiger partial charge in [0.15, 0.2) is 12.7 Å². The van der Waals surface area contributed by atoms with Crippen LogP contribution in [0.3, 0.4) is 0 Å². The second kappa shape index (κ2) is 14.5. The molecule has 0 bridgehead atoms. The summed E-state index contributed by atoms with van der Waals surface area (Å²) in [6.07, 6.45) is 4.05. The lowest BCUT2D eigenvalue weighted by atomic mass is 10.1. The summed E-state index contributed by atoms with van der Waals surface area (Å²) in [6.45, 7) is 13.3. The number of carbonyl (C=O) groups is 1. The molecular weight excluding hydrogens is 565 g/mol. The van der Waals surface area contributed by atoms with Gasteiger partial charge in [-0.2, -0.15) is 4.57 Å². The van der Waals surface area contributed by atoms with Gasteiger partial charge in [-0.15, -0.1) is 11.3 Å². The highest BCUT2D eigenvalue weighted by molar-refractivity contribution is 8.08. The molecule has 7 nitrogen and oxygen atoms in total. The van der Waals surface area contributed by atoms with Crippen molar-refractivity contribution in [3.05, 3.63) is 109 Å². The number of hydrogen-bond acceptors (Lipinski definition) is 6. The molecule has 42 heavy (non-hydrogen) atoms. The van der Waals surface area contributed by atoms with Gasteiger partial charge in [0.05, 0.1) is 11.3 Å². The zero-order chi connectivity index (χ0) is 30.2. The van der Waals surface area contributed by atoms with Crippen molar-refractivity contribution in [1.29, 1.82) is 0 Å². The Balaban J connectivity index is 0.000000517. The van der Waals surface area contributed by atoms with Crippen LogP contribution in [0, 0.1) is 0 Å². The Bertz CT molecular complexity index is 1700. The summed E-state index contributed by atoms with van der Waals surface area (Å²) < 4.78 is 5.56. The van der Waals surface area contributed by atoms with E-state index in [9.17, 15) is 9.59 Å². The minimum absolute atomic E-state index is 0.0256. The number of thioether (sulfide) groups is 1. The highest BCUT2D eigenvalue weighted by atomic mass is 32.2. The van der Waals surface area contributed by atoms with E-state index < -0.39 is 5.97 Å². The van der Waals surface area contributed by atoms with Crippen LogP contribution in [0.25, 0.3) is 11.1 Å². The standard InChI is InChI=1S/C27H23N3O3S2.C6H15N/c1-3-30-23(35-24(25(30)31)26-28(2)21-9-4-5-10-22(21)34-26)16-20-8-6-7-15-29(20)17-18-11-13-19(14-12-18)27(32)33;1-4-7(5-2)6-3/h4-16H,3,17H2,1-2H3;4-6H2,1-3H3/p+1. The minimum atomic E-state index is -0.934. The van der Waals surface area contributed by atoms with E-state index in [1.807, 2.05) is 67.2 Å². The molecule has 0 spiro atoms. The molecule has 0 unspecified atom stereocenters. The number of hydrogen-bond donors (Lipinski definition) is 1. The largest absolute Gasteiger partial charge is 0.478 e. The normalized spacial score (nSPS) is 14.1. The number of thiazole rings is 1. The number of rotatable bonds is 8. The van der Waals surface area contributed by atoms with Crippen LogP contribution < -0.4 is 24.2 Å². The first-order valence-electron chi connectivity index (χ1n) is 14.3. The summed E-state index contributed by atoms with van der Waals surface area (Å²) in [5.74, 6) is -0.934. The molecule has 220 valence electrons. The lowest BCUT2D eigenvalue weighted by molar-refractivity contribution is -0.690. The molecule has 0 fully saturated rings. The zero-order valence-electron chi connectivity index (χ0n) is 24.9. The van der Waals surface area contributed by atoms with Gasteiger partial charge in [0.2, 0.25) is 5.69 Å². The molecule has 0 saturated heterocycles. The summed E-state index contributed by atoms with van der Waals surface area (Å²) in [7, 11) is 2.01. The molecule has 0 saturated carbocycles. The third-order valence-corrected chi connectivity index (χ3v) is 9.79. The predicted molar refractivity (Wildman–Crippen MR) is 174 cm³/mol. The molecule has 0 atom stereocenters. The number of para-hydroxylation sites is 1. The van der Waals surface area contributed by atoms with Gasteiger partial charge < -0.3 is 14.9 Å². The van der Waals surface area contributed by atoms with Crippen LogP contribution >= 0.6 is 23.1 Å². The molecule has 1 N–H and O–H groups in total. The Labute approximate surface area is 255 Å². The summed E-state index contributed by atoms with van der Waals surface area (Å²) >= 11 is 3.15. The van der Waals surface area contributed by atoms with Gasteiger partial charge in [-0.25, -0.2) is 4.79 Å². The fourth-order valence-corrected chi connectivity index (χ4v) is 7.24. The first-order chi connectivity index (χ1) is 20.3. The van der Waals surface area contributed by atoms with Gasteiger partial charge >= 0.3 is 5.97 Å². The van der Waals surface area contributed by atoms with Crippen LogP contribution in [-0.4, -0.2) is 47.2 Å². The van der Waals surface area contributed by atoms with Gasteiger partial charge in [0.1, 0.15) is 14.2 Å². The molecule has 3 heterocycles. The fraction of sp³-hybridized carbons (Fsp3) is 0.303. The number of aromatic nitrogens is 2. The Morgan fingerprint density at radius 3 is 2.21 bits per heavy atom. The van der Waals surface area contributed by atoms with Crippen molar-refractivity contribution in [2.75, 3.05) is 31.6 Å². The van der Waals surface area contributed by atoms with E-state index in [1.165, 1.54) is 31.0 Å². The number of aromatic carboxylic acids is 1. The molecule has 2 aromatic heterocycles. The number of nitrogens with zero attached hydrogens (tertiary/aromatic N) is 4. The molecule has 1 aliphatic heterocycles. The smallest absolute Gasteiger partial charge is 0.335 e. The lowest BCUT2D eigenvalue weighted by Gasteiger charge is -2.13. The van der Waals surface area contributed by atoms with Gasteiger partial charge in [-0.05, 0) is 56.9 Å². The SMILES string of the molecule is CCN(CC)CC.CCn1c(=Cc2cccc[n+]2Cc2ccc(C(=O)O)cc2)sc(=C2Sc3ccccc3N2C)c1=O. The molecule has 1 aliphatic rings. The predicted octanol–water partition coefficient (Wildman–Crippen LogP) is 4.45. The van der Waals surface area contributed by atoms with Crippen molar-refractivity contribution in [1.82, 2.24) is 9.47 Å². The molecule has 9 heteroatoms. The minimum Gasteiger partial charge on any atom is -0.478 e. The molecule has 0 aliphatic carbocycles. The first-order valence-corrected chi connectivity index (χ1v) is 15.9. The van der Waals surface area contributed by atoms with E-state index in [4.69, 9.17) is 5.11 Å². The topological polar surface area (TPSA) is 69.7 Å². The van der Waals surface area contributed by atoms with Gasteiger partial charge in [0.25, 0.3) is 5.56 Å². The quantitative estimate of drug-likeness (QED) is 0.300. The van der Waals surface area contributed by atoms with Gasteiger partial charge in [-0.1, -0.05) is 56.8 Å². The second-order valence-corrected chi connectivity index (χ2v) is 11.8.